The third-order valence-electron chi connectivity index (χ3n) is 5.88. The third kappa shape index (κ3) is 6.61. The van der Waals surface area contributed by atoms with E-state index in [0.29, 0.717) is 12.0 Å². The molecule has 10 heteroatoms. The fourth-order valence-corrected chi connectivity index (χ4v) is 3.82. The van der Waals surface area contributed by atoms with Gasteiger partial charge in [0.15, 0.2) is 0 Å². The van der Waals surface area contributed by atoms with Crippen molar-refractivity contribution in [3.05, 3.63) is 63.6 Å². The molecule has 0 saturated heterocycles. The number of hydrogen-bond donors (Lipinski definition) is 2. The van der Waals surface area contributed by atoms with Crippen molar-refractivity contribution in [2.45, 2.75) is 70.9 Å². The second-order valence-electron chi connectivity index (χ2n) is 8.46. The van der Waals surface area contributed by atoms with Crippen LogP contribution in [0.5, 0.6) is 5.75 Å². The van der Waals surface area contributed by atoms with Crippen molar-refractivity contribution in [3.8, 4) is 5.75 Å². The van der Waals surface area contributed by atoms with Crippen LogP contribution in [0.4, 0.5) is 13.2 Å². The van der Waals surface area contributed by atoms with E-state index in [-0.39, 0.29) is 35.5 Å². The number of ether oxygens (including phenoxy) is 1. The van der Waals surface area contributed by atoms with E-state index in [1.807, 2.05) is 13.8 Å². The molecule has 1 fully saturated rings. The monoisotopic (exact) mass is 479 g/mol. The lowest BCUT2D eigenvalue weighted by Crippen LogP contribution is -2.38. The van der Waals surface area contributed by atoms with Gasteiger partial charge in [0, 0.05) is 31.0 Å². The fraction of sp³-hybridized carbons (Fsp3) is 0.458. The molecule has 1 aliphatic carbocycles. The van der Waals surface area contributed by atoms with E-state index in [9.17, 15) is 27.6 Å². The first-order valence-corrected chi connectivity index (χ1v) is 11.3. The van der Waals surface area contributed by atoms with Gasteiger partial charge in [0.25, 0.3) is 11.8 Å². The highest BCUT2D eigenvalue weighted by molar-refractivity contribution is 5.99. The number of nitrogens with zero attached hydrogens (tertiary/aromatic N) is 1. The summed E-state index contributed by atoms with van der Waals surface area (Å²) < 4.78 is 42.5. The number of carbonyl (C=O) groups excluding carboxylic acids is 2. The van der Waals surface area contributed by atoms with E-state index in [0.717, 1.165) is 37.8 Å². The third-order valence-corrected chi connectivity index (χ3v) is 5.88. The molecule has 1 saturated carbocycles. The van der Waals surface area contributed by atoms with Crippen LogP contribution in [0.3, 0.4) is 0 Å². The molecule has 7 nitrogen and oxygen atoms in total. The quantitative estimate of drug-likeness (QED) is 0.590. The predicted octanol–water partition coefficient (Wildman–Crippen LogP) is 4.32. The number of hydrogen-bond acceptors (Lipinski definition) is 4. The number of alkyl halides is 3. The number of amides is 2. The normalized spacial score (nSPS) is 15.1. The Bertz CT molecular complexity index is 1070. The largest absolute Gasteiger partial charge is 0.573 e. The summed E-state index contributed by atoms with van der Waals surface area (Å²) in [6.45, 7) is 3.72. The summed E-state index contributed by atoms with van der Waals surface area (Å²) in [5.74, 6) is -1.56. The van der Waals surface area contributed by atoms with Crippen LogP contribution in [0.2, 0.25) is 0 Å². The summed E-state index contributed by atoms with van der Waals surface area (Å²) in [4.78, 5) is 38.6. The Kier molecular flexibility index (Phi) is 8.01. The minimum absolute atomic E-state index is 0.0166. The number of aromatic nitrogens is 1. The number of pyridine rings is 1. The first-order valence-electron chi connectivity index (χ1n) is 11.3. The zero-order chi connectivity index (χ0) is 24.9. The molecule has 0 unspecified atom stereocenters. The van der Waals surface area contributed by atoms with Gasteiger partial charge in [0.05, 0.1) is 0 Å². The number of carbonyl (C=O) groups is 2. The summed E-state index contributed by atoms with van der Waals surface area (Å²) in [5.41, 5.74) is -0.389. The van der Waals surface area contributed by atoms with Crippen molar-refractivity contribution in [2.24, 2.45) is 0 Å². The van der Waals surface area contributed by atoms with Gasteiger partial charge in [-0.25, -0.2) is 0 Å². The summed E-state index contributed by atoms with van der Waals surface area (Å²) in [5, 5.41) is 5.39. The van der Waals surface area contributed by atoms with Gasteiger partial charge in [0.1, 0.15) is 16.9 Å². The Hall–Kier alpha value is -3.30. The number of rotatable bonds is 8. The first-order chi connectivity index (χ1) is 16.1. The van der Waals surface area contributed by atoms with Crippen molar-refractivity contribution in [1.82, 2.24) is 15.2 Å². The SMILES string of the molecule is CC[C@H](C)NC(=O)c1cn(C2CCCC2)cc(C(=O)NCc2ccc(OC(F)(F)F)cc2)c1=O. The Morgan fingerprint density at radius 3 is 2.24 bits per heavy atom. The maximum atomic E-state index is 13.0. The van der Waals surface area contributed by atoms with Crippen LogP contribution in [-0.4, -0.2) is 28.8 Å². The van der Waals surface area contributed by atoms with Gasteiger partial charge < -0.3 is 19.9 Å². The molecule has 1 aliphatic rings. The zero-order valence-electron chi connectivity index (χ0n) is 19.1. The molecule has 0 aliphatic heterocycles. The van der Waals surface area contributed by atoms with Gasteiger partial charge >= 0.3 is 6.36 Å². The van der Waals surface area contributed by atoms with Crippen LogP contribution in [0, 0.1) is 0 Å². The van der Waals surface area contributed by atoms with E-state index in [1.165, 1.54) is 24.5 Å². The van der Waals surface area contributed by atoms with Crippen molar-refractivity contribution < 1.29 is 27.5 Å². The molecule has 2 aromatic rings. The second kappa shape index (κ2) is 10.8. The molecule has 0 radical (unpaired) electrons. The molecule has 34 heavy (non-hydrogen) atoms. The average molecular weight is 479 g/mol. The van der Waals surface area contributed by atoms with Crippen molar-refractivity contribution in [2.75, 3.05) is 0 Å². The average Bonchev–Trinajstić information content (AvgIpc) is 3.32. The predicted molar refractivity (Wildman–Crippen MR) is 120 cm³/mol. The van der Waals surface area contributed by atoms with Crippen LogP contribution < -0.4 is 20.8 Å². The van der Waals surface area contributed by atoms with E-state index in [2.05, 4.69) is 15.4 Å². The van der Waals surface area contributed by atoms with Gasteiger partial charge in [0.2, 0.25) is 5.43 Å². The highest BCUT2D eigenvalue weighted by atomic mass is 19.4. The molecule has 1 aromatic heterocycles. The fourth-order valence-electron chi connectivity index (χ4n) is 3.82. The Morgan fingerprint density at radius 1 is 1.09 bits per heavy atom. The van der Waals surface area contributed by atoms with Crippen molar-refractivity contribution in [3.63, 3.8) is 0 Å². The van der Waals surface area contributed by atoms with Crippen LogP contribution in [0.15, 0.2) is 41.5 Å². The van der Waals surface area contributed by atoms with Gasteiger partial charge in [-0.05, 0) is 43.9 Å². The van der Waals surface area contributed by atoms with Gasteiger partial charge in [-0.1, -0.05) is 31.9 Å². The molecule has 2 amide bonds. The Morgan fingerprint density at radius 2 is 1.68 bits per heavy atom. The Labute approximate surface area is 195 Å². The molecule has 3 rings (SSSR count). The summed E-state index contributed by atoms with van der Waals surface area (Å²) in [6, 6.07) is 5.02. The maximum Gasteiger partial charge on any atom is 0.573 e. The smallest absolute Gasteiger partial charge is 0.406 e. The number of benzene rings is 1. The first kappa shape index (κ1) is 25.3. The topological polar surface area (TPSA) is 89.4 Å². The van der Waals surface area contributed by atoms with Crippen LogP contribution in [0.25, 0.3) is 0 Å². The van der Waals surface area contributed by atoms with Crippen LogP contribution in [0.1, 0.15) is 78.3 Å². The standard InChI is InChI=1S/C24H28F3N3O4/c1-3-15(2)29-23(33)20-14-30(17-6-4-5-7-17)13-19(21(20)31)22(32)28-12-16-8-10-18(11-9-16)34-24(25,26)27/h8-11,13-15,17H,3-7,12H2,1-2H3,(H,28,32)(H,29,33)/t15-/m0/s1. The molecule has 184 valence electrons. The molecule has 0 bridgehead atoms. The molecule has 1 atom stereocenters. The maximum absolute atomic E-state index is 13.0. The number of nitrogens with one attached hydrogen (secondary N) is 2. The van der Waals surface area contributed by atoms with Crippen LogP contribution in [-0.2, 0) is 6.54 Å². The van der Waals surface area contributed by atoms with Crippen molar-refractivity contribution in [1.29, 1.82) is 0 Å². The number of halogens is 3. The Balaban J connectivity index is 1.80. The minimum atomic E-state index is -4.79. The highest BCUT2D eigenvalue weighted by Gasteiger charge is 2.31. The second-order valence-corrected chi connectivity index (χ2v) is 8.46. The summed E-state index contributed by atoms with van der Waals surface area (Å²) >= 11 is 0. The lowest BCUT2D eigenvalue weighted by atomic mass is 10.1. The van der Waals surface area contributed by atoms with Crippen molar-refractivity contribution >= 4 is 11.8 Å². The minimum Gasteiger partial charge on any atom is -0.406 e. The molecule has 1 heterocycles. The molecule has 1 aromatic carbocycles. The van der Waals surface area contributed by atoms with Gasteiger partial charge in [-0.3, -0.25) is 14.4 Å². The lowest BCUT2D eigenvalue weighted by molar-refractivity contribution is -0.274. The summed E-state index contributed by atoms with van der Waals surface area (Å²) in [7, 11) is 0. The van der Waals surface area contributed by atoms with E-state index >= 15 is 0 Å². The lowest BCUT2D eigenvalue weighted by Gasteiger charge is -2.18. The molecular formula is C24H28F3N3O4. The van der Waals surface area contributed by atoms with Gasteiger partial charge in [-0.2, -0.15) is 0 Å². The molecule has 2 N–H and O–H groups in total. The molecule has 0 spiro atoms. The van der Waals surface area contributed by atoms with E-state index in [1.54, 1.807) is 4.57 Å². The molecular weight excluding hydrogens is 451 g/mol. The summed E-state index contributed by atoms with van der Waals surface area (Å²) in [6.07, 6.45) is 2.74. The highest BCUT2D eigenvalue weighted by Crippen LogP contribution is 2.29. The van der Waals surface area contributed by atoms with E-state index < -0.39 is 23.6 Å². The van der Waals surface area contributed by atoms with Crippen LogP contribution >= 0.6 is 0 Å². The van der Waals surface area contributed by atoms with Gasteiger partial charge in [-0.15, -0.1) is 13.2 Å². The van der Waals surface area contributed by atoms with E-state index in [4.69, 9.17) is 0 Å². The zero-order valence-corrected chi connectivity index (χ0v) is 19.1.